The summed E-state index contributed by atoms with van der Waals surface area (Å²) in [6.07, 6.45) is 1.46. The third-order valence-corrected chi connectivity index (χ3v) is 4.93. The summed E-state index contributed by atoms with van der Waals surface area (Å²) in [5.74, 6) is 0.963. The van der Waals surface area contributed by atoms with Gasteiger partial charge in [-0.2, -0.15) is 4.52 Å². The first-order valence-corrected chi connectivity index (χ1v) is 9.76. The van der Waals surface area contributed by atoms with Crippen molar-refractivity contribution in [3.8, 4) is 11.4 Å². The van der Waals surface area contributed by atoms with Gasteiger partial charge in [0.15, 0.2) is 11.5 Å². The average molecular weight is 409 g/mol. The van der Waals surface area contributed by atoms with Crippen molar-refractivity contribution in [3.63, 3.8) is 0 Å². The van der Waals surface area contributed by atoms with E-state index in [9.17, 15) is 4.79 Å². The van der Waals surface area contributed by atoms with E-state index in [0.717, 1.165) is 22.2 Å². The number of nitrogens with zero attached hydrogens (tertiary/aromatic N) is 6. The van der Waals surface area contributed by atoms with E-state index >= 15 is 0 Å². The van der Waals surface area contributed by atoms with Gasteiger partial charge in [0.05, 0.1) is 5.52 Å². The lowest BCUT2D eigenvalue weighted by Gasteiger charge is -2.12. The average Bonchev–Trinajstić information content (AvgIpc) is 3.14. The summed E-state index contributed by atoms with van der Waals surface area (Å²) in [5.41, 5.74) is 3.27. The molecular formula is C23H19N7O. The van der Waals surface area contributed by atoms with Crippen LogP contribution in [0.15, 0.2) is 77.7 Å². The molecule has 0 aliphatic heterocycles. The lowest BCUT2D eigenvalue weighted by Crippen LogP contribution is -2.11. The van der Waals surface area contributed by atoms with Crippen LogP contribution in [0.25, 0.3) is 27.9 Å². The Balaban J connectivity index is 1.73. The molecule has 31 heavy (non-hydrogen) atoms. The summed E-state index contributed by atoms with van der Waals surface area (Å²) in [6, 6.07) is 20.8. The molecular weight excluding hydrogens is 390 g/mol. The highest BCUT2D eigenvalue weighted by molar-refractivity contribution is 5.93. The number of para-hydroxylation sites is 1. The Labute approximate surface area is 177 Å². The molecule has 0 amide bonds. The van der Waals surface area contributed by atoms with Gasteiger partial charge in [-0.05, 0) is 36.4 Å². The summed E-state index contributed by atoms with van der Waals surface area (Å²) in [4.78, 5) is 27.7. The first kappa shape index (κ1) is 18.7. The maximum absolute atomic E-state index is 12.3. The Morgan fingerprint density at radius 2 is 1.77 bits per heavy atom. The molecule has 1 N–H and O–H groups in total. The van der Waals surface area contributed by atoms with Crippen LogP contribution in [0, 0.1) is 0 Å². The molecule has 5 aromatic rings. The fraction of sp³-hybridized carbons (Fsp3) is 0.0870. The predicted molar refractivity (Wildman–Crippen MR) is 122 cm³/mol. The molecule has 0 bridgehead atoms. The van der Waals surface area contributed by atoms with Gasteiger partial charge in [-0.15, -0.1) is 5.10 Å². The number of nitrogens with one attached hydrogen (secondary N) is 1. The predicted octanol–water partition coefficient (Wildman–Crippen LogP) is 3.51. The number of hydrogen-bond donors (Lipinski definition) is 1. The lowest BCUT2D eigenvalue weighted by atomic mass is 10.2. The van der Waals surface area contributed by atoms with Crippen LogP contribution in [0.5, 0.6) is 0 Å². The molecule has 0 atom stereocenters. The first-order chi connectivity index (χ1) is 15.1. The van der Waals surface area contributed by atoms with E-state index in [0.29, 0.717) is 23.1 Å². The topological polar surface area (TPSA) is 88.3 Å². The standard InChI is InChI=1S/C23H19N7O/c1-29(2)16-9-7-8-15(14-16)20-27-21-17-10-3-4-11-18(17)25-23(30(21)28-20)26-19-12-5-6-13-24-22(19)31/h3-14H,1-2H3,(H,24,25,26,31). The van der Waals surface area contributed by atoms with E-state index < -0.39 is 0 Å². The molecule has 8 nitrogen and oxygen atoms in total. The van der Waals surface area contributed by atoms with E-state index in [1.165, 1.54) is 6.20 Å². The second-order valence-electron chi connectivity index (χ2n) is 7.24. The van der Waals surface area contributed by atoms with Crippen molar-refractivity contribution in [2.45, 2.75) is 0 Å². The number of hydrogen-bond acceptors (Lipinski definition) is 7. The van der Waals surface area contributed by atoms with Gasteiger partial charge >= 0.3 is 0 Å². The number of benzene rings is 2. The van der Waals surface area contributed by atoms with Crippen molar-refractivity contribution in [2.24, 2.45) is 0 Å². The molecule has 0 aliphatic carbocycles. The van der Waals surface area contributed by atoms with Gasteiger partial charge in [0, 0.05) is 36.9 Å². The fourth-order valence-electron chi connectivity index (χ4n) is 3.35. The summed E-state index contributed by atoms with van der Waals surface area (Å²) in [5, 5.41) is 8.67. The minimum absolute atomic E-state index is 0.306. The summed E-state index contributed by atoms with van der Waals surface area (Å²) in [6.45, 7) is 0. The first-order valence-electron chi connectivity index (χ1n) is 9.76. The summed E-state index contributed by atoms with van der Waals surface area (Å²) < 4.78 is 1.63. The highest BCUT2D eigenvalue weighted by Crippen LogP contribution is 2.26. The van der Waals surface area contributed by atoms with Crippen LogP contribution in [0.3, 0.4) is 0 Å². The van der Waals surface area contributed by atoms with Crippen LogP contribution in [-0.4, -0.2) is 38.7 Å². The van der Waals surface area contributed by atoms with Crippen molar-refractivity contribution >= 4 is 33.9 Å². The molecule has 0 fully saturated rings. The van der Waals surface area contributed by atoms with E-state index in [1.54, 1.807) is 22.7 Å². The number of fused-ring (bicyclic) bond motifs is 3. The molecule has 0 radical (unpaired) electrons. The molecule has 8 heteroatoms. The SMILES string of the molecule is CN(C)c1cccc(-c2nc3c4ccccc4nc(Nc4ccccnc4=O)n3n2)c1. The molecule has 5 rings (SSSR count). The summed E-state index contributed by atoms with van der Waals surface area (Å²) >= 11 is 0. The molecule has 3 aromatic heterocycles. The van der Waals surface area contributed by atoms with Gasteiger partial charge in [-0.25, -0.2) is 15.0 Å². The van der Waals surface area contributed by atoms with Gasteiger partial charge in [0.2, 0.25) is 5.95 Å². The molecule has 0 aliphatic rings. The molecule has 3 heterocycles. The van der Waals surface area contributed by atoms with Gasteiger partial charge in [-0.3, -0.25) is 4.79 Å². The zero-order valence-electron chi connectivity index (χ0n) is 17.0. The van der Waals surface area contributed by atoms with Crippen LogP contribution in [0.1, 0.15) is 0 Å². The lowest BCUT2D eigenvalue weighted by molar-refractivity contribution is 0.947. The van der Waals surface area contributed by atoms with Crippen LogP contribution in [0.4, 0.5) is 17.3 Å². The molecule has 0 saturated heterocycles. The monoisotopic (exact) mass is 409 g/mol. The van der Waals surface area contributed by atoms with Gasteiger partial charge in [0.25, 0.3) is 5.56 Å². The smallest absolute Gasteiger partial charge is 0.293 e. The third-order valence-electron chi connectivity index (χ3n) is 4.93. The van der Waals surface area contributed by atoms with Crippen molar-refractivity contribution < 1.29 is 0 Å². The molecule has 0 saturated carbocycles. The van der Waals surface area contributed by atoms with Crippen LogP contribution in [-0.2, 0) is 0 Å². The zero-order valence-corrected chi connectivity index (χ0v) is 17.0. The minimum atomic E-state index is -0.382. The number of rotatable bonds is 4. The fourth-order valence-corrected chi connectivity index (χ4v) is 3.35. The van der Waals surface area contributed by atoms with Gasteiger partial charge in [-0.1, -0.05) is 30.3 Å². The minimum Gasteiger partial charge on any atom is -0.378 e. The highest BCUT2D eigenvalue weighted by atomic mass is 16.1. The highest BCUT2D eigenvalue weighted by Gasteiger charge is 2.15. The largest absolute Gasteiger partial charge is 0.378 e. The van der Waals surface area contributed by atoms with Gasteiger partial charge in [0.1, 0.15) is 5.69 Å². The van der Waals surface area contributed by atoms with E-state index in [1.807, 2.05) is 67.5 Å². The van der Waals surface area contributed by atoms with Gasteiger partial charge < -0.3 is 10.2 Å². The van der Waals surface area contributed by atoms with Crippen molar-refractivity contribution in [1.82, 2.24) is 24.6 Å². The van der Waals surface area contributed by atoms with Crippen molar-refractivity contribution in [1.29, 1.82) is 0 Å². The second kappa shape index (κ2) is 7.49. The van der Waals surface area contributed by atoms with Crippen LogP contribution < -0.4 is 15.8 Å². The second-order valence-corrected chi connectivity index (χ2v) is 7.24. The molecule has 152 valence electrons. The Morgan fingerprint density at radius 1 is 0.935 bits per heavy atom. The van der Waals surface area contributed by atoms with Crippen LogP contribution in [0.2, 0.25) is 0 Å². The normalized spacial score (nSPS) is 11.0. The molecule has 0 unspecified atom stereocenters. The van der Waals surface area contributed by atoms with Crippen molar-refractivity contribution in [2.75, 3.05) is 24.3 Å². The Bertz CT molecular complexity index is 1480. The van der Waals surface area contributed by atoms with Crippen LogP contribution >= 0.6 is 0 Å². The Hall–Kier alpha value is -4.33. The number of anilines is 3. The maximum atomic E-state index is 12.3. The zero-order chi connectivity index (χ0) is 21.4. The number of aromatic nitrogens is 5. The maximum Gasteiger partial charge on any atom is 0.293 e. The van der Waals surface area contributed by atoms with E-state index in [-0.39, 0.29) is 5.56 Å². The Morgan fingerprint density at radius 3 is 2.65 bits per heavy atom. The summed E-state index contributed by atoms with van der Waals surface area (Å²) in [7, 11) is 3.98. The van der Waals surface area contributed by atoms with E-state index in [4.69, 9.17) is 10.1 Å². The Kier molecular flexibility index (Phi) is 4.51. The van der Waals surface area contributed by atoms with Crippen molar-refractivity contribution in [3.05, 3.63) is 83.3 Å². The molecule has 0 spiro atoms. The quantitative estimate of drug-likeness (QED) is 0.486. The third kappa shape index (κ3) is 3.44. The van der Waals surface area contributed by atoms with E-state index in [2.05, 4.69) is 15.3 Å². The molecule has 2 aromatic carbocycles.